The Balaban J connectivity index is 1.29. The first-order valence-electron chi connectivity index (χ1n) is 9.55. The van der Waals surface area contributed by atoms with E-state index >= 15 is 0 Å². The maximum atomic E-state index is 12.5. The van der Waals surface area contributed by atoms with Crippen molar-refractivity contribution in [2.45, 2.75) is 57.0 Å². The molecule has 5 nitrogen and oxygen atoms in total. The predicted octanol–water partition coefficient (Wildman–Crippen LogP) is 2.75. The number of rotatable bonds is 6. The van der Waals surface area contributed by atoms with E-state index in [9.17, 15) is 9.59 Å². The Bertz CT molecular complexity index is 635. The molecule has 0 spiro atoms. The fourth-order valence-electron chi connectivity index (χ4n) is 3.58. The van der Waals surface area contributed by atoms with Gasteiger partial charge in [-0.05, 0) is 62.8 Å². The standard InChI is InChI=1S/C20H26N2O3/c23-19(21-16-8-9-16)14-6-10-18(11-7-14)25-13-17-5-2-12-22(17)20(24)15-3-1-4-15/h6-7,10-11,15-17H,1-5,8-9,12-13H2,(H,21,23). The molecule has 2 amide bonds. The molecule has 0 radical (unpaired) electrons. The van der Waals surface area contributed by atoms with Crippen LogP contribution in [-0.4, -0.2) is 41.9 Å². The van der Waals surface area contributed by atoms with Gasteiger partial charge in [0.1, 0.15) is 12.4 Å². The lowest BCUT2D eigenvalue weighted by atomic mass is 9.84. The van der Waals surface area contributed by atoms with Crippen molar-refractivity contribution in [2.75, 3.05) is 13.2 Å². The lowest BCUT2D eigenvalue weighted by Crippen LogP contribution is -2.44. The van der Waals surface area contributed by atoms with Crippen molar-refractivity contribution in [3.63, 3.8) is 0 Å². The normalized spacial score (nSPS) is 23.2. The summed E-state index contributed by atoms with van der Waals surface area (Å²) in [4.78, 5) is 26.5. The maximum Gasteiger partial charge on any atom is 0.251 e. The van der Waals surface area contributed by atoms with Crippen LogP contribution in [0.2, 0.25) is 0 Å². The van der Waals surface area contributed by atoms with Gasteiger partial charge in [-0.2, -0.15) is 0 Å². The van der Waals surface area contributed by atoms with Crippen LogP contribution in [0.3, 0.4) is 0 Å². The molecule has 2 saturated carbocycles. The second-order valence-electron chi connectivity index (χ2n) is 7.54. The molecule has 5 heteroatoms. The Hall–Kier alpha value is -2.04. The number of nitrogens with zero attached hydrogens (tertiary/aromatic N) is 1. The van der Waals surface area contributed by atoms with E-state index in [1.165, 1.54) is 6.42 Å². The number of benzene rings is 1. The number of carbonyl (C=O) groups is 2. The van der Waals surface area contributed by atoms with Gasteiger partial charge in [0.2, 0.25) is 5.91 Å². The van der Waals surface area contributed by atoms with Gasteiger partial charge in [0.05, 0.1) is 6.04 Å². The van der Waals surface area contributed by atoms with E-state index in [-0.39, 0.29) is 17.9 Å². The van der Waals surface area contributed by atoms with Crippen LogP contribution in [0.25, 0.3) is 0 Å². The topological polar surface area (TPSA) is 58.6 Å². The lowest BCUT2D eigenvalue weighted by molar-refractivity contribution is -0.139. The van der Waals surface area contributed by atoms with Crippen molar-refractivity contribution in [1.82, 2.24) is 10.2 Å². The van der Waals surface area contributed by atoms with Crippen molar-refractivity contribution >= 4 is 11.8 Å². The van der Waals surface area contributed by atoms with E-state index in [4.69, 9.17) is 4.74 Å². The van der Waals surface area contributed by atoms with Gasteiger partial charge in [-0.25, -0.2) is 0 Å². The molecule has 1 aromatic carbocycles. The van der Waals surface area contributed by atoms with E-state index < -0.39 is 0 Å². The summed E-state index contributed by atoms with van der Waals surface area (Å²) in [5.41, 5.74) is 0.668. The van der Waals surface area contributed by atoms with Gasteiger partial charge in [-0.3, -0.25) is 9.59 Å². The summed E-state index contributed by atoms with van der Waals surface area (Å²) in [7, 11) is 0. The molecule has 3 fully saturated rings. The Kier molecular flexibility index (Phi) is 4.64. The largest absolute Gasteiger partial charge is 0.491 e. The minimum absolute atomic E-state index is 0.0119. The molecular formula is C20H26N2O3. The molecule has 1 atom stereocenters. The molecule has 1 N–H and O–H groups in total. The average Bonchev–Trinajstić information content (AvgIpc) is 3.25. The molecule has 1 aliphatic heterocycles. The summed E-state index contributed by atoms with van der Waals surface area (Å²) in [6, 6.07) is 7.85. The Labute approximate surface area is 148 Å². The maximum absolute atomic E-state index is 12.5. The van der Waals surface area contributed by atoms with Crippen molar-refractivity contribution < 1.29 is 14.3 Å². The van der Waals surface area contributed by atoms with Gasteiger partial charge in [-0.15, -0.1) is 0 Å². The number of amides is 2. The van der Waals surface area contributed by atoms with Crippen molar-refractivity contribution in [3.05, 3.63) is 29.8 Å². The number of hydrogen-bond acceptors (Lipinski definition) is 3. The van der Waals surface area contributed by atoms with E-state index in [1.54, 1.807) is 12.1 Å². The molecule has 0 bridgehead atoms. The van der Waals surface area contributed by atoms with Gasteiger partial charge in [0.15, 0.2) is 0 Å². The zero-order valence-electron chi connectivity index (χ0n) is 14.6. The zero-order chi connectivity index (χ0) is 17.2. The van der Waals surface area contributed by atoms with Crippen LogP contribution in [0.4, 0.5) is 0 Å². The van der Waals surface area contributed by atoms with Crippen molar-refractivity contribution in [2.24, 2.45) is 5.92 Å². The highest BCUT2D eigenvalue weighted by molar-refractivity contribution is 5.94. The summed E-state index contributed by atoms with van der Waals surface area (Å²) in [5, 5.41) is 2.98. The minimum Gasteiger partial charge on any atom is -0.491 e. The molecular weight excluding hydrogens is 316 g/mol. The van der Waals surface area contributed by atoms with Crippen molar-refractivity contribution in [3.8, 4) is 5.75 Å². The highest BCUT2D eigenvalue weighted by atomic mass is 16.5. The van der Waals surface area contributed by atoms with Gasteiger partial charge < -0.3 is 15.0 Å². The van der Waals surface area contributed by atoms with Crippen LogP contribution in [0.1, 0.15) is 55.3 Å². The first-order chi connectivity index (χ1) is 12.2. The SMILES string of the molecule is O=C(NC1CC1)c1ccc(OCC2CCCN2C(=O)C2CCC2)cc1. The van der Waals surface area contributed by atoms with Crippen LogP contribution >= 0.6 is 0 Å². The van der Waals surface area contributed by atoms with Crippen LogP contribution in [0.15, 0.2) is 24.3 Å². The Morgan fingerprint density at radius 1 is 1.04 bits per heavy atom. The minimum atomic E-state index is -0.0119. The van der Waals surface area contributed by atoms with E-state index in [2.05, 4.69) is 5.32 Å². The Morgan fingerprint density at radius 3 is 2.44 bits per heavy atom. The third kappa shape index (κ3) is 3.80. The molecule has 25 heavy (non-hydrogen) atoms. The highest BCUT2D eigenvalue weighted by Gasteiger charge is 2.35. The summed E-state index contributed by atoms with van der Waals surface area (Å²) in [6.45, 7) is 1.40. The van der Waals surface area contributed by atoms with Crippen LogP contribution in [0, 0.1) is 5.92 Å². The monoisotopic (exact) mass is 342 g/mol. The zero-order valence-corrected chi connectivity index (χ0v) is 14.6. The van der Waals surface area contributed by atoms with Gasteiger partial charge >= 0.3 is 0 Å². The number of likely N-dealkylation sites (tertiary alicyclic amines) is 1. The first-order valence-corrected chi connectivity index (χ1v) is 9.55. The molecule has 3 aliphatic rings. The first kappa shape index (κ1) is 16.4. The van der Waals surface area contributed by atoms with Gasteiger partial charge in [-0.1, -0.05) is 6.42 Å². The number of carbonyl (C=O) groups excluding carboxylic acids is 2. The lowest BCUT2D eigenvalue weighted by Gasteiger charge is -2.32. The fourth-order valence-corrected chi connectivity index (χ4v) is 3.58. The molecule has 2 aliphatic carbocycles. The quantitative estimate of drug-likeness (QED) is 0.865. The molecule has 1 saturated heterocycles. The van der Waals surface area contributed by atoms with Gasteiger partial charge in [0.25, 0.3) is 5.91 Å². The predicted molar refractivity (Wildman–Crippen MR) is 94.5 cm³/mol. The number of nitrogens with one attached hydrogen (secondary N) is 1. The smallest absolute Gasteiger partial charge is 0.251 e. The number of ether oxygens (including phenoxy) is 1. The molecule has 1 unspecified atom stereocenters. The third-order valence-corrected chi connectivity index (χ3v) is 5.59. The van der Waals surface area contributed by atoms with Crippen LogP contribution in [0.5, 0.6) is 5.75 Å². The molecule has 4 rings (SSSR count). The summed E-state index contributed by atoms with van der Waals surface area (Å²) < 4.78 is 5.90. The van der Waals surface area contributed by atoms with Crippen LogP contribution < -0.4 is 10.1 Å². The summed E-state index contributed by atoms with van der Waals surface area (Å²) in [5.74, 6) is 1.32. The van der Waals surface area contributed by atoms with E-state index in [1.807, 2.05) is 17.0 Å². The summed E-state index contributed by atoms with van der Waals surface area (Å²) in [6.07, 6.45) is 7.54. The molecule has 0 aromatic heterocycles. The fraction of sp³-hybridized carbons (Fsp3) is 0.600. The van der Waals surface area contributed by atoms with Gasteiger partial charge in [0, 0.05) is 24.1 Å². The average molecular weight is 342 g/mol. The summed E-state index contributed by atoms with van der Waals surface area (Å²) >= 11 is 0. The van der Waals surface area contributed by atoms with Crippen molar-refractivity contribution in [1.29, 1.82) is 0 Å². The second kappa shape index (κ2) is 7.06. The second-order valence-corrected chi connectivity index (χ2v) is 7.54. The molecule has 1 heterocycles. The Morgan fingerprint density at radius 2 is 1.80 bits per heavy atom. The third-order valence-electron chi connectivity index (χ3n) is 5.59. The molecule has 1 aromatic rings. The van der Waals surface area contributed by atoms with E-state index in [0.29, 0.717) is 24.1 Å². The van der Waals surface area contributed by atoms with E-state index in [0.717, 1.165) is 50.8 Å². The van der Waals surface area contributed by atoms with Crippen LogP contribution in [-0.2, 0) is 4.79 Å². The highest BCUT2D eigenvalue weighted by Crippen LogP contribution is 2.31. The number of hydrogen-bond donors (Lipinski definition) is 1. The molecule has 134 valence electrons.